The molecule has 0 heterocycles. The maximum atomic E-state index is 10.4. The van der Waals surface area contributed by atoms with Crippen molar-refractivity contribution in [3.05, 3.63) is 0 Å². The van der Waals surface area contributed by atoms with Gasteiger partial charge < -0.3 is 11.1 Å². The lowest BCUT2D eigenvalue weighted by Crippen LogP contribution is -2.50. The van der Waals surface area contributed by atoms with Gasteiger partial charge in [-0.15, -0.1) is 0 Å². The van der Waals surface area contributed by atoms with Crippen molar-refractivity contribution in [1.82, 2.24) is 5.32 Å². The molecule has 0 aliphatic carbocycles. The molecule has 0 aliphatic heterocycles. The van der Waals surface area contributed by atoms with E-state index in [0.29, 0.717) is 0 Å². The van der Waals surface area contributed by atoms with Gasteiger partial charge in [-0.3, -0.25) is 4.79 Å². The molecular weight excluding hydrogens is 140 g/mol. The third kappa shape index (κ3) is 9.43. The number of carbonyl (C=O) groups is 1. The van der Waals surface area contributed by atoms with Gasteiger partial charge in [0, 0.05) is 13.5 Å². The van der Waals surface area contributed by atoms with Crippen LogP contribution in [0.25, 0.3) is 0 Å². The quantitative estimate of drug-likeness (QED) is 0.523. The zero-order chi connectivity index (χ0) is 8.53. The van der Waals surface area contributed by atoms with Gasteiger partial charge in [0.15, 0.2) is 0 Å². The zero-order valence-corrected chi connectivity index (χ0v) is 7.36. The highest BCUT2D eigenvalue weighted by Gasteiger charge is 1.91. The summed E-state index contributed by atoms with van der Waals surface area (Å²) in [6.07, 6.45) is 4.75. The number of hydrogen-bond donors (Lipinski definition) is 2. The minimum Gasteiger partial charge on any atom is -0.358 e. The zero-order valence-electron chi connectivity index (χ0n) is 7.36. The van der Waals surface area contributed by atoms with Gasteiger partial charge in [-0.1, -0.05) is 6.42 Å². The molecule has 0 aromatic carbocycles. The number of unbranched alkanes of at least 4 members (excludes halogenated alkanes) is 3. The molecule has 0 aromatic heterocycles. The molecule has 0 saturated heterocycles. The monoisotopic (exact) mass is 159 g/mol. The van der Waals surface area contributed by atoms with Crippen LogP contribution in [0.5, 0.6) is 0 Å². The van der Waals surface area contributed by atoms with Gasteiger partial charge >= 0.3 is 0 Å². The second-order valence-corrected chi connectivity index (χ2v) is 2.75. The number of rotatable bonds is 6. The Kier molecular flexibility index (Phi) is 7.15. The molecule has 0 radical (unpaired) electrons. The molecule has 0 atom stereocenters. The van der Waals surface area contributed by atoms with Gasteiger partial charge in [0.05, 0.1) is 6.54 Å². The Bertz CT molecular complexity index is 104. The van der Waals surface area contributed by atoms with Crippen LogP contribution in [0.15, 0.2) is 0 Å². The molecule has 1 amide bonds. The van der Waals surface area contributed by atoms with Crippen LogP contribution in [-0.2, 0) is 4.79 Å². The van der Waals surface area contributed by atoms with Crippen molar-refractivity contribution in [2.45, 2.75) is 32.6 Å². The second kappa shape index (κ2) is 7.54. The van der Waals surface area contributed by atoms with Gasteiger partial charge in [-0.25, -0.2) is 0 Å². The maximum Gasteiger partial charge on any atom is 0.216 e. The predicted molar refractivity (Wildman–Crippen MR) is 44.9 cm³/mol. The predicted octanol–water partition coefficient (Wildman–Crippen LogP) is -0.0752. The fraction of sp³-hybridized carbons (Fsp3) is 0.875. The van der Waals surface area contributed by atoms with E-state index < -0.39 is 0 Å². The smallest absolute Gasteiger partial charge is 0.216 e. The van der Waals surface area contributed by atoms with E-state index in [0.717, 1.165) is 19.5 Å². The molecule has 66 valence electrons. The van der Waals surface area contributed by atoms with E-state index in [1.165, 1.54) is 19.3 Å². The minimum absolute atomic E-state index is 0.0714. The van der Waals surface area contributed by atoms with Gasteiger partial charge in [0.2, 0.25) is 5.91 Å². The van der Waals surface area contributed by atoms with Crippen LogP contribution in [0.1, 0.15) is 32.6 Å². The molecule has 3 nitrogen and oxygen atoms in total. The molecule has 3 heteroatoms. The van der Waals surface area contributed by atoms with Crippen LogP contribution in [0.2, 0.25) is 0 Å². The summed E-state index contributed by atoms with van der Waals surface area (Å²) in [5, 5.41) is 2.77. The molecule has 0 aliphatic rings. The lowest BCUT2D eigenvalue weighted by molar-refractivity contribution is -0.368. The third-order valence-corrected chi connectivity index (χ3v) is 1.55. The molecular formula is C8H19N2O+. The Hall–Kier alpha value is -0.570. The van der Waals surface area contributed by atoms with E-state index >= 15 is 0 Å². The summed E-state index contributed by atoms with van der Waals surface area (Å²) < 4.78 is 0. The fourth-order valence-electron chi connectivity index (χ4n) is 0.920. The molecule has 0 bridgehead atoms. The van der Waals surface area contributed by atoms with Crippen molar-refractivity contribution in [3.8, 4) is 0 Å². The first kappa shape index (κ1) is 10.4. The highest BCUT2D eigenvalue weighted by atomic mass is 16.1. The first-order valence-electron chi connectivity index (χ1n) is 4.31. The normalized spacial score (nSPS) is 9.64. The summed E-state index contributed by atoms with van der Waals surface area (Å²) in [7, 11) is 0. The Morgan fingerprint density at radius 3 is 2.45 bits per heavy atom. The van der Waals surface area contributed by atoms with Crippen LogP contribution < -0.4 is 11.1 Å². The molecule has 0 rings (SSSR count). The number of carbonyl (C=O) groups excluding carboxylic acids is 1. The van der Waals surface area contributed by atoms with Crippen LogP contribution >= 0.6 is 0 Å². The molecule has 0 fully saturated rings. The van der Waals surface area contributed by atoms with Crippen molar-refractivity contribution in [3.63, 3.8) is 0 Å². The largest absolute Gasteiger partial charge is 0.358 e. The van der Waals surface area contributed by atoms with Gasteiger partial charge in [-0.05, 0) is 19.3 Å². The van der Waals surface area contributed by atoms with Crippen molar-refractivity contribution in [2.24, 2.45) is 0 Å². The average molecular weight is 159 g/mol. The van der Waals surface area contributed by atoms with Gasteiger partial charge in [0.1, 0.15) is 0 Å². The minimum atomic E-state index is 0.0714. The Morgan fingerprint density at radius 1 is 1.27 bits per heavy atom. The van der Waals surface area contributed by atoms with E-state index in [2.05, 4.69) is 11.1 Å². The molecule has 0 aromatic rings. The lowest BCUT2D eigenvalue weighted by Gasteiger charge is -2.00. The molecule has 0 saturated carbocycles. The highest BCUT2D eigenvalue weighted by molar-refractivity contribution is 5.72. The summed E-state index contributed by atoms with van der Waals surface area (Å²) in [5.74, 6) is 0.0714. The molecule has 11 heavy (non-hydrogen) atoms. The Morgan fingerprint density at radius 2 is 1.91 bits per heavy atom. The molecule has 0 unspecified atom stereocenters. The number of nitrogens with one attached hydrogen (secondary N) is 1. The van der Waals surface area contributed by atoms with E-state index in [-0.39, 0.29) is 5.91 Å². The fourth-order valence-corrected chi connectivity index (χ4v) is 0.920. The lowest BCUT2D eigenvalue weighted by atomic mass is 10.2. The van der Waals surface area contributed by atoms with Crippen LogP contribution in [0.3, 0.4) is 0 Å². The highest BCUT2D eigenvalue weighted by Crippen LogP contribution is 1.96. The van der Waals surface area contributed by atoms with E-state index in [1.807, 2.05) is 0 Å². The van der Waals surface area contributed by atoms with Gasteiger partial charge in [0.25, 0.3) is 0 Å². The third-order valence-electron chi connectivity index (χ3n) is 1.55. The standard InChI is InChI=1S/C8H18N2O/c1-8(11)10-7-5-3-2-4-6-9/h2-7,9H2,1H3,(H,10,11)/p+1. The van der Waals surface area contributed by atoms with Crippen LogP contribution in [-0.4, -0.2) is 19.0 Å². The van der Waals surface area contributed by atoms with E-state index in [1.54, 1.807) is 6.92 Å². The Balaban J connectivity index is 2.85. The SMILES string of the molecule is CC(=O)NCCCCCC[NH3+]. The first-order valence-corrected chi connectivity index (χ1v) is 4.31. The summed E-state index contributed by atoms with van der Waals surface area (Å²) in [6, 6.07) is 0. The summed E-state index contributed by atoms with van der Waals surface area (Å²) >= 11 is 0. The second-order valence-electron chi connectivity index (χ2n) is 2.75. The Labute approximate surface area is 68.3 Å². The van der Waals surface area contributed by atoms with Crippen molar-refractivity contribution >= 4 is 5.91 Å². The van der Waals surface area contributed by atoms with E-state index in [4.69, 9.17) is 0 Å². The average Bonchev–Trinajstić information content (AvgIpc) is 1.96. The summed E-state index contributed by atoms with van der Waals surface area (Å²) in [5.41, 5.74) is 3.76. The van der Waals surface area contributed by atoms with Crippen molar-refractivity contribution in [1.29, 1.82) is 0 Å². The van der Waals surface area contributed by atoms with E-state index in [9.17, 15) is 4.79 Å². The van der Waals surface area contributed by atoms with Crippen LogP contribution in [0, 0.1) is 0 Å². The summed E-state index contributed by atoms with van der Waals surface area (Å²) in [4.78, 5) is 10.4. The van der Waals surface area contributed by atoms with Crippen molar-refractivity contribution < 1.29 is 10.5 Å². The topological polar surface area (TPSA) is 56.7 Å². The van der Waals surface area contributed by atoms with Crippen LogP contribution in [0.4, 0.5) is 0 Å². The summed E-state index contributed by atoms with van der Waals surface area (Å²) in [6.45, 7) is 3.41. The van der Waals surface area contributed by atoms with Gasteiger partial charge in [-0.2, -0.15) is 0 Å². The number of hydrogen-bond acceptors (Lipinski definition) is 1. The van der Waals surface area contributed by atoms with Crippen molar-refractivity contribution in [2.75, 3.05) is 13.1 Å². The number of amides is 1. The number of quaternary nitrogens is 1. The molecule has 0 spiro atoms. The molecule has 4 N–H and O–H groups in total. The first-order chi connectivity index (χ1) is 5.27. The maximum absolute atomic E-state index is 10.4.